The number of anilines is 1. The van der Waals surface area contributed by atoms with E-state index in [9.17, 15) is 28.2 Å². The Morgan fingerprint density at radius 1 is 1.07 bits per heavy atom. The fourth-order valence-electron chi connectivity index (χ4n) is 10.7. The highest BCUT2D eigenvalue weighted by Crippen LogP contribution is 2.68. The molecule has 0 saturated heterocycles. The molecule has 0 spiro atoms. The Balaban J connectivity index is 1.12. The molecule has 4 aliphatic carbocycles. The number of carbonyl (C=O) groups is 1. The topological polar surface area (TPSA) is 60.8 Å². The first-order valence-electron chi connectivity index (χ1n) is 15.7. The number of hydrogen-bond donors (Lipinski definition) is 2. The van der Waals surface area contributed by atoms with Gasteiger partial charge in [-0.1, -0.05) is 20.8 Å². The van der Waals surface area contributed by atoms with Crippen LogP contribution in [0.1, 0.15) is 96.1 Å². The maximum absolute atomic E-state index is 13.3. The minimum Gasteiger partial charge on any atom is -0.393 e. The van der Waals surface area contributed by atoms with E-state index in [1.54, 1.807) is 4.90 Å². The zero-order valence-corrected chi connectivity index (χ0v) is 24.2. The van der Waals surface area contributed by atoms with Crippen LogP contribution in [0.2, 0.25) is 0 Å². The maximum Gasteiger partial charge on any atom is 0.416 e. The zero-order valence-electron chi connectivity index (χ0n) is 24.2. The molecule has 1 amide bonds. The van der Waals surface area contributed by atoms with Crippen LogP contribution in [0.5, 0.6) is 0 Å². The normalized spacial score (nSPS) is 41.6. The molecule has 4 saturated carbocycles. The van der Waals surface area contributed by atoms with Crippen LogP contribution < -0.4 is 4.90 Å². The summed E-state index contributed by atoms with van der Waals surface area (Å²) in [6.45, 7) is 7.43. The summed E-state index contributed by atoms with van der Waals surface area (Å²) in [5.41, 5.74) is 0.628. The Morgan fingerprint density at radius 3 is 2.60 bits per heavy atom. The van der Waals surface area contributed by atoms with Crippen molar-refractivity contribution in [3.63, 3.8) is 0 Å². The molecular weight excluding hydrogens is 515 g/mol. The fraction of sp³-hybridized carbons (Fsp3) is 0.788. The van der Waals surface area contributed by atoms with Gasteiger partial charge in [0, 0.05) is 18.7 Å². The highest BCUT2D eigenvalue weighted by atomic mass is 19.4. The van der Waals surface area contributed by atoms with Gasteiger partial charge in [-0.05, 0) is 134 Å². The number of rotatable bonds is 4. The van der Waals surface area contributed by atoms with Gasteiger partial charge >= 0.3 is 6.18 Å². The molecule has 7 heteroatoms. The van der Waals surface area contributed by atoms with Crippen molar-refractivity contribution < 1.29 is 28.2 Å². The minimum absolute atomic E-state index is 0.0138. The van der Waals surface area contributed by atoms with Crippen molar-refractivity contribution in [3.05, 3.63) is 29.3 Å². The van der Waals surface area contributed by atoms with Gasteiger partial charge in [0.25, 0.3) is 0 Å². The van der Waals surface area contributed by atoms with Gasteiger partial charge in [0.2, 0.25) is 5.91 Å². The van der Waals surface area contributed by atoms with Crippen molar-refractivity contribution in [1.29, 1.82) is 0 Å². The summed E-state index contributed by atoms with van der Waals surface area (Å²) in [4.78, 5) is 14.9. The number of halogens is 3. The summed E-state index contributed by atoms with van der Waals surface area (Å²) in [5.74, 6) is 2.85. The number of amides is 1. The molecule has 0 unspecified atom stereocenters. The van der Waals surface area contributed by atoms with Gasteiger partial charge < -0.3 is 15.1 Å². The van der Waals surface area contributed by atoms with Crippen LogP contribution in [0.25, 0.3) is 0 Å². The Labute approximate surface area is 236 Å². The van der Waals surface area contributed by atoms with Crippen LogP contribution in [0.15, 0.2) is 18.2 Å². The summed E-state index contributed by atoms with van der Waals surface area (Å²) >= 11 is 0. The monoisotopic (exact) mass is 561 g/mol. The average molecular weight is 562 g/mol. The van der Waals surface area contributed by atoms with Gasteiger partial charge in [-0.25, -0.2) is 0 Å². The summed E-state index contributed by atoms with van der Waals surface area (Å²) < 4.78 is 39.4. The number of aliphatic hydroxyl groups is 2. The van der Waals surface area contributed by atoms with E-state index in [1.165, 1.54) is 25.0 Å². The maximum atomic E-state index is 13.3. The van der Waals surface area contributed by atoms with E-state index < -0.39 is 11.7 Å². The van der Waals surface area contributed by atoms with Crippen molar-refractivity contribution in [2.45, 2.75) is 110 Å². The van der Waals surface area contributed by atoms with E-state index in [0.717, 1.165) is 51.0 Å². The number of fused-ring (bicyclic) bond motifs is 6. The first-order valence-corrected chi connectivity index (χ1v) is 15.7. The number of alkyl halides is 3. The SMILES string of the molecule is C[C@H](CCC(=O)N1CCc2cc(C(F)(F)F)ccc21)[C@H]1CC[C@H]2[C@@H]3CC[C@@H]4C[C@H](O)CC[C@]4(C)[C@H]3C[C@H](O)[C@]12C. The Kier molecular flexibility index (Phi) is 7.13. The Hall–Kier alpha value is -1.60. The van der Waals surface area contributed by atoms with E-state index in [1.807, 2.05) is 0 Å². The molecule has 0 bridgehead atoms. The molecule has 6 rings (SSSR count). The molecule has 0 aromatic heterocycles. The van der Waals surface area contributed by atoms with E-state index in [4.69, 9.17) is 0 Å². The molecule has 2 N–H and O–H groups in total. The third-order valence-electron chi connectivity index (χ3n) is 12.9. The van der Waals surface area contributed by atoms with Crippen molar-refractivity contribution in [3.8, 4) is 0 Å². The number of nitrogens with zero attached hydrogens (tertiary/aromatic N) is 1. The van der Waals surface area contributed by atoms with Gasteiger partial charge in [0.15, 0.2) is 0 Å². The minimum atomic E-state index is -4.38. The van der Waals surface area contributed by atoms with Crippen molar-refractivity contribution in [2.75, 3.05) is 11.4 Å². The lowest BCUT2D eigenvalue weighted by atomic mass is 9.43. The number of benzene rings is 1. The van der Waals surface area contributed by atoms with Crippen LogP contribution >= 0.6 is 0 Å². The molecule has 222 valence electrons. The molecule has 1 aromatic rings. The summed E-state index contributed by atoms with van der Waals surface area (Å²) in [5, 5.41) is 22.1. The van der Waals surface area contributed by atoms with E-state index in [-0.39, 0.29) is 34.9 Å². The molecule has 5 aliphatic rings. The van der Waals surface area contributed by atoms with Crippen molar-refractivity contribution >= 4 is 11.6 Å². The van der Waals surface area contributed by atoms with Gasteiger partial charge in [-0.15, -0.1) is 0 Å². The van der Waals surface area contributed by atoms with Crippen LogP contribution in [-0.2, 0) is 17.4 Å². The van der Waals surface area contributed by atoms with Gasteiger partial charge in [-0.3, -0.25) is 4.79 Å². The van der Waals surface area contributed by atoms with E-state index >= 15 is 0 Å². The predicted molar refractivity (Wildman–Crippen MR) is 149 cm³/mol. The standard InChI is InChI=1S/C33H46F3NO3/c1-19(4-11-30(40)37-15-13-20-16-22(33(34,35)36)6-10-28(20)37)25-8-9-26-24-7-5-21-17-23(38)12-14-31(21,2)27(24)18-29(39)32(25,26)3/h6,10,16,19,21,23-27,29,38-39H,4-5,7-9,11-15,17-18H2,1-3H3/t19-,21-,23-,24+,25-,26+,27+,29+,31+,32-/m1/s1. The van der Waals surface area contributed by atoms with Gasteiger partial charge in [-0.2, -0.15) is 13.2 Å². The highest BCUT2D eigenvalue weighted by Gasteiger charge is 2.63. The quantitative estimate of drug-likeness (QED) is 0.416. The molecule has 1 aliphatic heterocycles. The second-order valence-corrected chi connectivity index (χ2v) is 14.5. The largest absolute Gasteiger partial charge is 0.416 e. The zero-order chi connectivity index (χ0) is 28.6. The van der Waals surface area contributed by atoms with Gasteiger partial charge in [0.1, 0.15) is 0 Å². The molecule has 4 fully saturated rings. The fourth-order valence-corrected chi connectivity index (χ4v) is 10.7. The average Bonchev–Trinajstić information content (AvgIpc) is 3.49. The number of carbonyl (C=O) groups excluding carboxylic acids is 1. The lowest BCUT2D eigenvalue weighted by Crippen LogP contribution is -2.58. The van der Waals surface area contributed by atoms with Crippen LogP contribution in [-0.4, -0.2) is 34.9 Å². The smallest absolute Gasteiger partial charge is 0.393 e. The van der Waals surface area contributed by atoms with E-state index in [2.05, 4.69) is 20.8 Å². The molecule has 4 nitrogen and oxygen atoms in total. The van der Waals surface area contributed by atoms with Crippen molar-refractivity contribution in [1.82, 2.24) is 0 Å². The number of aliphatic hydroxyl groups excluding tert-OH is 2. The van der Waals surface area contributed by atoms with Gasteiger partial charge in [0.05, 0.1) is 17.8 Å². The van der Waals surface area contributed by atoms with E-state index in [0.29, 0.717) is 60.2 Å². The molecule has 1 heterocycles. The Bertz CT molecular complexity index is 1140. The third-order valence-corrected chi connectivity index (χ3v) is 12.9. The summed E-state index contributed by atoms with van der Waals surface area (Å²) in [6.07, 6.45) is 5.01. The first kappa shape index (κ1) is 28.5. The van der Waals surface area contributed by atoms with Crippen LogP contribution in [0.4, 0.5) is 18.9 Å². The molecule has 10 atom stereocenters. The first-order chi connectivity index (χ1) is 18.8. The molecular formula is C33H46F3NO3. The lowest BCUT2D eigenvalue weighted by molar-refractivity contribution is -0.174. The highest BCUT2D eigenvalue weighted by molar-refractivity contribution is 5.95. The molecule has 0 radical (unpaired) electrons. The van der Waals surface area contributed by atoms with Crippen LogP contribution in [0, 0.1) is 46.3 Å². The summed E-state index contributed by atoms with van der Waals surface area (Å²) in [7, 11) is 0. The lowest BCUT2D eigenvalue weighted by Gasteiger charge is -2.62. The van der Waals surface area contributed by atoms with Crippen LogP contribution in [0.3, 0.4) is 0 Å². The predicted octanol–water partition coefficient (Wildman–Crippen LogP) is 7.00. The summed E-state index contributed by atoms with van der Waals surface area (Å²) in [6, 6.07) is 3.71. The molecule has 1 aromatic carbocycles. The second-order valence-electron chi connectivity index (χ2n) is 14.5. The second kappa shape index (κ2) is 10.00. The molecule has 40 heavy (non-hydrogen) atoms. The third kappa shape index (κ3) is 4.44. The van der Waals surface area contributed by atoms with Crippen molar-refractivity contribution in [2.24, 2.45) is 46.3 Å². The number of hydrogen-bond acceptors (Lipinski definition) is 3. The Morgan fingerprint density at radius 2 is 1.85 bits per heavy atom.